The summed E-state index contributed by atoms with van der Waals surface area (Å²) < 4.78 is 20.5. The van der Waals surface area contributed by atoms with Crippen molar-refractivity contribution in [2.45, 2.75) is 51.9 Å². The Morgan fingerprint density at radius 3 is 2.65 bits per heavy atom. The zero-order chi connectivity index (χ0) is 26.2. The van der Waals surface area contributed by atoms with E-state index in [1.165, 1.54) is 0 Å². The van der Waals surface area contributed by atoms with Gasteiger partial charge in [-0.15, -0.1) is 0 Å². The van der Waals surface area contributed by atoms with E-state index in [4.69, 9.17) is 13.9 Å². The highest BCUT2D eigenvalue weighted by atomic mass is 16.5. The minimum atomic E-state index is -0.977. The average Bonchev–Trinajstić information content (AvgIpc) is 2.88. The van der Waals surface area contributed by atoms with Gasteiger partial charge >= 0.3 is 0 Å². The molecule has 0 amide bonds. The lowest BCUT2D eigenvalue weighted by atomic mass is 9.71. The zero-order valence-corrected chi connectivity index (χ0v) is 21.9. The summed E-state index contributed by atoms with van der Waals surface area (Å²) in [5, 5.41) is 11.7. The molecule has 0 atom stereocenters. The van der Waals surface area contributed by atoms with E-state index >= 15 is 0 Å². The standard InChI is InChI=1S/C31H33NO5/c1-5-32(14-8-6-7-9-30(33)34)22-12-10-20-15-24-28(36-26(20)17-22)19-29-25(31(24,2)3)16-21-11-13-23(35-4)18-27(21)37-29/h10-13,15-19H,5-9,14H2,1-4H3. The number of rotatable bonds is 8. The van der Waals surface area contributed by atoms with Crippen LogP contribution >= 0.6 is 0 Å². The van der Waals surface area contributed by atoms with Gasteiger partial charge in [-0.05, 0) is 56.5 Å². The number of carboxylic acid groups (broad SMARTS) is 1. The molecule has 5 rings (SSSR count). The van der Waals surface area contributed by atoms with Crippen molar-refractivity contribution in [2.24, 2.45) is 0 Å². The molecule has 4 aliphatic rings. The lowest BCUT2D eigenvalue weighted by molar-refractivity contribution is -0.305. The molecule has 0 saturated heterocycles. The lowest BCUT2D eigenvalue weighted by Crippen LogP contribution is -2.31. The summed E-state index contributed by atoms with van der Waals surface area (Å²) in [5.74, 6) is 2.98. The summed E-state index contributed by atoms with van der Waals surface area (Å²) in [6.07, 6.45) is 6.77. The third-order valence-electron chi connectivity index (χ3n) is 7.45. The second-order valence-corrected chi connectivity index (χ2v) is 10.2. The van der Waals surface area contributed by atoms with E-state index in [9.17, 15) is 9.90 Å². The van der Waals surface area contributed by atoms with Gasteiger partial charge in [0.1, 0.15) is 41.9 Å². The topological polar surface area (TPSA) is 74.7 Å². The van der Waals surface area contributed by atoms with E-state index in [-0.39, 0.29) is 11.8 Å². The Kier molecular flexibility index (Phi) is 6.67. The largest absolute Gasteiger partial charge is 0.550 e. The fourth-order valence-electron chi connectivity index (χ4n) is 5.25. The number of benzene rings is 2. The minimum Gasteiger partial charge on any atom is -0.550 e. The number of methoxy groups -OCH3 is 1. The molecule has 2 aliphatic carbocycles. The van der Waals surface area contributed by atoms with E-state index in [1.54, 1.807) is 7.11 Å². The predicted octanol–water partition coefficient (Wildman–Crippen LogP) is 4.60. The summed E-state index contributed by atoms with van der Waals surface area (Å²) in [5.41, 5.74) is 4.04. The maximum atomic E-state index is 10.6. The molecular weight excluding hydrogens is 466 g/mol. The molecule has 0 aromatic heterocycles. The number of carboxylic acids is 1. The number of hydrogen-bond donors (Lipinski definition) is 0. The predicted molar refractivity (Wildman–Crippen MR) is 142 cm³/mol. The van der Waals surface area contributed by atoms with E-state index in [0.29, 0.717) is 6.42 Å². The van der Waals surface area contributed by atoms with Crippen LogP contribution in [-0.4, -0.2) is 26.2 Å². The number of carbonyl (C=O) groups is 1. The summed E-state index contributed by atoms with van der Waals surface area (Å²) in [4.78, 5) is 10.6. The van der Waals surface area contributed by atoms with Crippen LogP contribution in [0, 0.1) is 0 Å². The van der Waals surface area contributed by atoms with Gasteiger partial charge in [0.05, 0.1) is 13.2 Å². The number of unbranched alkanes of at least 4 members (excludes halogenated alkanes) is 2. The maximum Gasteiger partial charge on any atom is 0.203 e. The normalized spacial score (nSPS) is 16.0. The van der Waals surface area contributed by atoms with Crippen LogP contribution in [0.2, 0.25) is 0 Å². The first-order valence-corrected chi connectivity index (χ1v) is 13.0. The van der Waals surface area contributed by atoms with Crippen LogP contribution in [0.15, 0.2) is 58.2 Å². The van der Waals surface area contributed by atoms with Gasteiger partial charge in [0, 0.05) is 58.3 Å². The number of allylic oxidation sites excluding steroid dienone is 1. The van der Waals surface area contributed by atoms with Crippen LogP contribution in [0.5, 0.6) is 11.5 Å². The number of ether oxygens (including phenoxy) is 2. The third-order valence-corrected chi connectivity index (χ3v) is 7.45. The van der Waals surface area contributed by atoms with Gasteiger partial charge in [0.15, 0.2) is 0 Å². The Balaban J connectivity index is 1.50. The van der Waals surface area contributed by atoms with Crippen molar-refractivity contribution in [2.75, 3.05) is 20.2 Å². The molecule has 0 bridgehead atoms. The van der Waals surface area contributed by atoms with Crippen LogP contribution < -0.4 is 24.5 Å². The minimum absolute atomic E-state index is 0.123. The molecule has 1 aromatic carbocycles. The van der Waals surface area contributed by atoms with Gasteiger partial charge in [-0.2, -0.15) is 0 Å². The molecule has 0 N–H and O–H groups in total. The fourth-order valence-corrected chi connectivity index (χ4v) is 5.25. The molecule has 6 heteroatoms. The first-order chi connectivity index (χ1) is 17.8. The molecular formula is C31H33NO5. The van der Waals surface area contributed by atoms with Gasteiger partial charge < -0.3 is 23.8 Å². The van der Waals surface area contributed by atoms with Crippen molar-refractivity contribution in [3.63, 3.8) is 0 Å². The average molecular weight is 500 g/mol. The molecule has 1 aromatic rings. The van der Waals surface area contributed by atoms with Gasteiger partial charge in [-0.3, -0.25) is 0 Å². The van der Waals surface area contributed by atoms with Crippen LogP contribution in [0.3, 0.4) is 0 Å². The number of fused-ring (bicyclic) bond motifs is 4. The SMILES string of the molecule is CC[N+](CCCCCC(=O)[O-])=c1ccc2cc3c(oc-2c1)C=C1Oc2cc(OC)ccc2C=C1C3(C)C. The Morgan fingerprint density at radius 2 is 1.89 bits per heavy atom. The summed E-state index contributed by atoms with van der Waals surface area (Å²) in [6, 6.07) is 14.5. The van der Waals surface area contributed by atoms with Crippen LogP contribution in [0.4, 0.5) is 0 Å². The van der Waals surface area contributed by atoms with Gasteiger partial charge in [0.25, 0.3) is 0 Å². The molecule has 6 nitrogen and oxygen atoms in total. The van der Waals surface area contributed by atoms with Crippen molar-refractivity contribution >= 4 is 18.1 Å². The summed E-state index contributed by atoms with van der Waals surface area (Å²) in [6.45, 7) is 8.26. The number of aliphatic carboxylic acids is 1. The molecule has 192 valence electrons. The lowest BCUT2D eigenvalue weighted by Gasteiger charge is -2.37. The number of nitrogens with zero attached hydrogens (tertiary/aromatic N) is 1. The molecule has 0 radical (unpaired) electrons. The molecule has 0 spiro atoms. The van der Waals surface area contributed by atoms with Crippen molar-refractivity contribution in [1.82, 2.24) is 4.58 Å². The first-order valence-electron chi connectivity index (χ1n) is 13.0. The second kappa shape index (κ2) is 9.92. The summed E-state index contributed by atoms with van der Waals surface area (Å²) >= 11 is 0. The molecule has 0 fully saturated rings. The Labute approximate surface area is 217 Å². The number of carbonyl (C=O) groups excluding carboxylic acids is 1. The molecule has 37 heavy (non-hydrogen) atoms. The van der Waals surface area contributed by atoms with Gasteiger partial charge in [0.2, 0.25) is 5.36 Å². The van der Waals surface area contributed by atoms with E-state index < -0.39 is 5.97 Å². The summed E-state index contributed by atoms with van der Waals surface area (Å²) in [7, 11) is 1.65. The highest BCUT2D eigenvalue weighted by Gasteiger charge is 2.38. The molecule has 2 heterocycles. The number of hydrogen-bond acceptors (Lipinski definition) is 5. The van der Waals surface area contributed by atoms with E-state index in [1.807, 2.05) is 24.3 Å². The fraction of sp³-hybridized carbons (Fsp3) is 0.355. The van der Waals surface area contributed by atoms with Gasteiger partial charge in [-0.1, -0.05) is 13.8 Å². The first kappa shape index (κ1) is 24.9. The van der Waals surface area contributed by atoms with E-state index in [2.05, 4.69) is 55.7 Å². The van der Waals surface area contributed by atoms with Crippen molar-refractivity contribution in [1.29, 1.82) is 0 Å². The van der Waals surface area contributed by atoms with Crippen molar-refractivity contribution in [3.8, 4) is 22.8 Å². The van der Waals surface area contributed by atoms with Gasteiger partial charge in [-0.25, -0.2) is 4.58 Å². The third kappa shape index (κ3) is 4.80. The Morgan fingerprint density at radius 1 is 1.05 bits per heavy atom. The second-order valence-electron chi connectivity index (χ2n) is 10.2. The molecule has 2 aliphatic heterocycles. The molecule has 0 saturated carbocycles. The zero-order valence-electron chi connectivity index (χ0n) is 21.9. The van der Waals surface area contributed by atoms with Crippen LogP contribution in [0.25, 0.3) is 23.5 Å². The highest BCUT2D eigenvalue weighted by Crippen LogP contribution is 2.49. The van der Waals surface area contributed by atoms with Crippen molar-refractivity contribution in [3.05, 3.63) is 76.0 Å². The molecule has 0 unspecified atom stereocenters. The van der Waals surface area contributed by atoms with E-state index in [0.717, 1.165) is 82.3 Å². The monoisotopic (exact) mass is 499 g/mol. The Hall–Kier alpha value is -3.80. The smallest absolute Gasteiger partial charge is 0.203 e. The Bertz CT molecular complexity index is 1460. The quantitative estimate of drug-likeness (QED) is 0.334. The maximum absolute atomic E-state index is 10.6. The van der Waals surface area contributed by atoms with Crippen LogP contribution in [0.1, 0.15) is 63.3 Å². The highest BCUT2D eigenvalue weighted by molar-refractivity contribution is 5.79. The van der Waals surface area contributed by atoms with Crippen LogP contribution in [-0.2, 0) is 10.2 Å². The van der Waals surface area contributed by atoms with Crippen molar-refractivity contribution < 1.29 is 23.8 Å².